The van der Waals surface area contributed by atoms with E-state index in [1.165, 1.54) is 5.56 Å². The van der Waals surface area contributed by atoms with Gasteiger partial charge in [0, 0.05) is 5.92 Å². The minimum Gasteiger partial charge on any atom is -0.481 e. The summed E-state index contributed by atoms with van der Waals surface area (Å²) in [6, 6.07) is 18.2. The second-order valence-corrected chi connectivity index (χ2v) is 5.79. The molecule has 0 spiro atoms. The first kappa shape index (κ1) is 12.9. The molecular weight excluding hydrogens is 248 g/mol. The number of carboxylic acids is 1. The van der Waals surface area contributed by atoms with Gasteiger partial charge < -0.3 is 5.11 Å². The number of rotatable bonds is 4. The summed E-state index contributed by atoms with van der Waals surface area (Å²) in [5.74, 6) is -0.533. The zero-order valence-corrected chi connectivity index (χ0v) is 11.5. The number of carbonyl (C=O) groups is 1. The first-order chi connectivity index (χ1) is 9.62. The molecule has 0 radical (unpaired) electrons. The van der Waals surface area contributed by atoms with Crippen LogP contribution in [-0.4, -0.2) is 11.1 Å². The van der Waals surface area contributed by atoms with Crippen LogP contribution in [0.25, 0.3) is 0 Å². The van der Waals surface area contributed by atoms with Crippen molar-refractivity contribution in [1.29, 1.82) is 0 Å². The van der Waals surface area contributed by atoms with Crippen LogP contribution in [0.15, 0.2) is 54.6 Å². The Morgan fingerprint density at radius 2 is 1.80 bits per heavy atom. The van der Waals surface area contributed by atoms with Crippen molar-refractivity contribution in [2.24, 2.45) is 5.41 Å². The summed E-state index contributed by atoms with van der Waals surface area (Å²) in [4.78, 5) is 11.7. The van der Waals surface area contributed by atoms with Gasteiger partial charge in [-0.25, -0.2) is 0 Å². The van der Waals surface area contributed by atoms with Crippen molar-refractivity contribution < 1.29 is 9.90 Å². The van der Waals surface area contributed by atoms with Gasteiger partial charge in [0.25, 0.3) is 0 Å². The van der Waals surface area contributed by atoms with E-state index in [0.29, 0.717) is 6.42 Å². The summed E-state index contributed by atoms with van der Waals surface area (Å²) < 4.78 is 0. The van der Waals surface area contributed by atoms with Crippen molar-refractivity contribution in [2.75, 3.05) is 0 Å². The normalized spacial score (nSPS) is 24.4. The maximum absolute atomic E-state index is 11.7. The fourth-order valence-corrected chi connectivity index (χ4v) is 3.01. The molecule has 1 fully saturated rings. The molecule has 2 aromatic rings. The van der Waals surface area contributed by atoms with Crippen molar-refractivity contribution in [2.45, 2.75) is 25.7 Å². The van der Waals surface area contributed by atoms with Crippen molar-refractivity contribution in [3.05, 3.63) is 71.3 Å². The molecule has 2 atom stereocenters. The number of benzene rings is 2. The molecule has 0 amide bonds. The number of aliphatic carboxylic acids is 1. The van der Waals surface area contributed by atoms with Gasteiger partial charge in [-0.1, -0.05) is 60.2 Å². The monoisotopic (exact) mass is 266 g/mol. The van der Waals surface area contributed by atoms with Crippen LogP contribution < -0.4 is 0 Å². The van der Waals surface area contributed by atoms with Crippen LogP contribution in [0.1, 0.15) is 29.0 Å². The molecule has 1 aliphatic carbocycles. The van der Waals surface area contributed by atoms with Crippen LogP contribution in [0, 0.1) is 12.3 Å². The Hall–Kier alpha value is -2.09. The lowest BCUT2D eigenvalue weighted by atomic mass is 9.91. The molecule has 0 heterocycles. The summed E-state index contributed by atoms with van der Waals surface area (Å²) in [5, 5.41) is 9.65. The highest BCUT2D eigenvalue weighted by molar-refractivity contribution is 5.81. The number of hydrogen-bond acceptors (Lipinski definition) is 1. The van der Waals surface area contributed by atoms with Gasteiger partial charge in [0.05, 0.1) is 5.41 Å². The van der Waals surface area contributed by atoms with Crippen molar-refractivity contribution in [3.8, 4) is 0 Å². The number of hydrogen-bond donors (Lipinski definition) is 1. The molecule has 0 aliphatic heterocycles. The van der Waals surface area contributed by atoms with Crippen molar-refractivity contribution in [3.63, 3.8) is 0 Å². The smallest absolute Gasteiger partial charge is 0.310 e. The van der Waals surface area contributed by atoms with Gasteiger partial charge in [0.1, 0.15) is 0 Å². The standard InChI is InChI=1S/C18H18O2/c1-13-7-9-14(10-8-13)11-18(17(19)20)12-16(18)15-5-3-2-4-6-15/h2-10,16H,11-12H2,1H3,(H,19,20)/t16-,18+/m1/s1. The summed E-state index contributed by atoms with van der Waals surface area (Å²) in [6.07, 6.45) is 1.35. The minimum atomic E-state index is -0.674. The third-order valence-corrected chi connectivity index (χ3v) is 4.34. The van der Waals surface area contributed by atoms with Crippen LogP contribution in [-0.2, 0) is 11.2 Å². The highest BCUT2D eigenvalue weighted by Gasteiger charge is 2.60. The molecule has 20 heavy (non-hydrogen) atoms. The van der Waals surface area contributed by atoms with Gasteiger partial charge in [0.2, 0.25) is 0 Å². The zero-order valence-electron chi connectivity index (χ0n) is 11.5. The van der Waals surface area contributed by atoms with Crippen molar-refractivity contribution >= 4 is 5.97 Å². The maximum atomic E-state index is 11.7. The predicted octanol–water partition coefficient (Wildman–Crippen LogP) is 3.80. The third-order valence-electron chi connectivity index (χ3n) is 4.34. The topological polar surface area (TPSA) is 37.3 Å². The van der Waals surface area contributed by atoms with Gasteiger partial charge in [-0.15, -0.1) is 0 Å². The van der Waals surface area contributed by atoms with E-state index < -0.39 is 11.4 Å². The molecule has 2 nitrogen and oxygen atoms in total. The van der Waals surface area contributed by atoms with Crippen LogP contribution in [0.3, 0.4) is 0 Å². The Morgan fingerprint density at radius 1 is 1.15 bits per heavy atom. The molecule has 0 aromatic heterocycles. The van der Waals surface area contributed by atoms with Crippen LogP contribution >= 0.6 is 0 Å². The molecule has 0 saturated heterocycles. The summed E-state index contributed by atoms with van der Waals surface area (Å²) in [7, 11) is 0. The fourth-order valence-electron chi connectivity index (χ4n) is 3.01. The second kappa shape index (κ2) is 4.78. The molecule has 2 aromatic carbocycles. The molecule has 0 bridgehead atoms. The van der Waals surface area contributed by atoms with Crippen molar-refractivity contribution in [1.82, 2.24) is 0 Å². The van der Waals surface area contributed by atoms with E-state index in [1.54, 1.807) is 0 Å². The minimum absolute atomic E-state index is 0.141. The molecule has 1 aliphatic rings. The fraction of sp³-hybridized carbons (Fsp3) is 0.278. The Morgan fingerprint density at radius 3 is 2.40 bits per heavy atom. The van der Waals surface area contributed by atoms with Gasteiger partial charge in [-0.2, -0.15) is 0 Å². The first-order valence-electron chi connectivity index (χ1n) is 6.96. The molecule has 3 rings (SSSR count). The highest BCUT2D eigenvalue weighted by atomic mass is 16.4. The Labute approximate surface area is 119 Å². The SMILES string of the molecule is Cc1ccc(C[C@]2(C(=O)O)C[C@@H]2c2ccccc2)cc1. The van der Waals surface area contributed by atoms with Gasteiger partial charge in [-0.05, 0) is 30.9 Å². The maximum Gasteiger partial charge on any atom is 0.310 e. The lowest BCUT2D eigenvalue weighted by molar-refractivity contribution is -0.143. The molecule has 1 N–H and O–H groups in total. The highest BCUT2D eigenvalue weighted by Crippen LogP contribution is 2.61. The van der Waals surface area contributed by atoms with E-state index in [0.717, 1.165) is 17.5 Å². The van der Waals surface area contributed by atoms with E-state index >= 15 is 0 Å². The van der Waals surface area contributed by atoms with Gasteiger partial charge in [0.15, 0.2) is 0 Å². The summed E-state index contributed by atoms with van der Waals surface area (Å²) in [6.45, 7) is 2.04. The first-order valence-corrected chi connectivity index (χ1v) is 6.96. The van der Waals surface area contributed by atoms with Gasteiger partial charge >= 0.3 is 5.97 Å². The lowest BCUT2D eigenvalue weighted by Gasteiger charge is -2.13. The van der Waals surface area contributed by atoms with E-state index in [2.05, 4.69) is 0 Å². The zero-order chi connectivity index (χ0) is 14.2. The third kappa shape index (κ3) is 2.22. The molecular formula is C18H18O2. The lowest BCUT2D eigenvalue weighted by Crippen LogP contribution is -2.20. The predicted molar refractivity (Wildman–Crippen MR) is 78.8 cm³/mol. The quantitative estimate of drug-likeness (QED) is 0.914. The largest absolute Gasteiger partial charge is 0.481 e. The van der Waals surface area contributed by atoms with E-state index in [1.807, 2.05) is 61.5 Å². The van der Waals surface area contributed by atoms with E-state index in [4.69, 9.17) is 0 Å². The van der Waals surface area contributed by atoms with E-state index in [-0.39, 0.29) is 5.92 Å². The Bertz CT molecular complexity index is 616. The molecule has 2 heteroatoms. The number of aryl methyl sites for hydroxylation is 1. The van der Waals surface area contributed by atoms with Gasteiger partial charge in [-0.3, -0.25) is 4.79 Å². The van der Waals surface area contributed by atoms with Crippen LogP contribution in [0.2, 0.25) is 0 Å². The average molecular weight is 266 g/mol. The summed E-state index contributed by atoms with van der Waals surface area (Å²) in [5.41, 5.74) is 2.84. The Balaban J connectivity index is 1.85. The second-order valence-electron chi connectivity index (χ2n) is 5.79. The number of carboxylic acid groups (broad SMARTS) is 1. The molecule has 0 unspecified atom stereocenters. The molecule has 102 valence electrons. The molecule has 1 saturated carbocycles. The summed E-state index contributed by atoms with van der Waals surface area (Å²) >= 11 is 0. The Kier molecular flexibility index (Phi) is 3.09. The van der Waals surface area contributed by atoms with Crippen LogP contribution in [0.5, 0.6) is 0 Å². The van der Waals surface area contributed by atoms with E-state index in [9.17, 15) is 9.90 Å². The average Bonchev–Trinajstić information content (AvgIpc) is 3.18. The van der Waals surface area contributed by atoms with Crippen LogP contribution in [0.4, 0.5) is 0 Å².